The predicted octanol–water partition coefficient (Wildman–Crippen LogP) is 2.54. The van der Waals surface area contributed by atoms with E-state index in [-0.39, 0.29) is 5.54 Å². The molecule has 3 nitrogen and oxygen atoms in total. The third-order valence-electron chi connectivity index (χ3n) is 3.56. The van der Waals surface area contributed by atoms with Crippen molar-refractivity contribution < 1.29 is 0 Å². The van der Waals surface area contributed by atoms with Crippen LogP contribution >= 0.6 is 15.9 Å². The molecular formula is C14H22BrN3. The highest BCUT2D eigenvalue weighted by atomic mass is 79.9. The van der Waals surface area contributed by atoms with E-state index in [1.165, 1.54) is 5.69 Å². The van der Waals surface area contributed by atoms with Gasteiger partial charge in [-0.25, -0.2) is 0 Å². The van der Waals surface area contributed by atoms with Crippen molar-refractivity contribution in [2.75, 3.05) is 38.0 Å². The van der Waals surface area contributed by atoms with Crippen molar-refractivity contribution in [2.45, 2.75) is 19.4 Å². The second-order valence-corrected chi connectivity index (χ2v) is 6.24. The van der Waals surface area contributed by atoms with E-state index in [1.54, 1.807) is 0 Å². The van der Waals surface area contributed by atoms with Crippen molar-refractivity contribution >= 4 is 21.6 Å². The van der Waals surface area contributed by atoms with Crippen LogP contribution in [0.25, 0.3) is 0 Å². The zero-order valence-electron chi connectivity index (χ0n) is 11.2. The van der Waals surface area contributed by atoms with Gasteiger partial charge in [0.25, 0.3) is 0 Å². The maximum Gasteiger partial charge on any atom is 0.0485 e. The number of nitrogens with zero attached hydrogens (tertiary/aromatic N) is 1. The first-order valence-corrected chi connectivity index (χ1v) is 7.33. The van der Waals surface area contributed by atoms with Gasteiger partial charge in [-0.05, 0) is 41.9 Å². The van der Waals surface area contributed by atoms with Crippen LogP contribution in [0.15, 0.2) is 28.7 Å². The van der Waals surface area contributed by atoms with Crippen molar-refractivity contribution in [3.05, 3.63) is 28.7 Å². The molecule has 0 bridgehead atoms. The Morgan fingerprint density at radius 3 is 2.61 bits per heavy atom. The van der Waals surface area contributed by atoms with Gasteiger partial charge in [-0.15, -0.1) is 0 Å². The number of piperazine rings is 1. The van der Waals surface area contributed by atoms with Crippen LogP contribution in [0, 0.1) is 0 Å². The van der Waals surface area contributed by atoms with Gasteiger partial charge in [0.2, 0.25) is 0 Å². The molecule has 0 radical (unpaired) electrons. The molecule has 0 saturated carbocycles. The Balaban J connectivity index is 1.94. The van der Waals surface area contributed by atoms with Gasteiger partial charge in [0.05, 0.1) is 0 Å². The van der Waals surface area contributed by atoms with Crippen LogP contribution in [-0.4, -0.2) is 43.2 Å². The molecule has 0 spiro atoms. The van der Waals surface area contributed by atoms with E-state index in [9.17, 15) is 0 Å². The number of halogens is 1. The maximum absolute atomic E-state index is 3.57. The minimum absolute atomic E-state index is 0.178. The van der Waals surface area contributed by atoms with Gasteiger partial charge in [0.1, 0.15) is 0 Å². The summed E-state index contributed by atoms with van der Waals surface area (Å²) in [7, 11) is 0. The zero-order valence-corrected chi connectivity index (χ0v) is 12.8. The molecule has 1 aromatic carbocycles. The summed E-state index contributed by atoms with van der Waals surface area (Å²) in [5.41, 5.74) is 1.35. The van der Waals surface area contributed by atoms with E-state index >= 15 is 0 Å². The number of nitrogens with one attached hydrogen (secondary N) is 2. The molecule has 1 fully saturated rings. The maximum atomic E-state index is 3.57. The topological polar surface area (TPSA) is 27.3 Å². The molecule has 0 aromatic heterocycles. The molecule has 4 heteroatoms. The molecule has 1 aliphatic heterocycles. The van der Waals surface area contributed by atoms with Gasteiger partial charge in [0.15, 0.2) is 0 Å². The van der Waals surface area contributed by atoms with Crippen molar-refractivity contribution in [1.29, 1.82) is 0 Å². The van der Waals surface area contributed by atoms with E-state index in [0.717, 1.165) is 37.2 Å². The average Bonchev–Trinajstić information content (AvgIpc) is 2.39. The smallest absolute Gasteiger partial charge is 0.0485 e. The monoisotopic (exact) mass is 311 g/mol. The first kappa shape index (κ1) is 13.8. The SMILES string of the molecule is CC(C)(CNc1ccccc1Br)N1CCNCC1. The van der Waals surface area contributed by atoms with Crippen LogP contribution in [0.5, 0.6) is 0 Å². The third kappa shape index (κ3) is 3.46. The van der Waals surface area contributed by atoms with Crippen molar-refractivity contribution in [3.8, 4) is 0 Å². The molecule has 1 aromatic rings. The quantitative estimate of drug-likeness (QED) is 0.895. The average molecular weight is 312 g/mol. The summed E-state index contributed by atoms with van der Waals surface area (Å²) >= 11 is 3.57. The van der Waals surface area contributed by atoms with Gasteiger partial charge in [-0.2, -0.15) is 0 Å². The predicted molar refractivity (Wildman–Crippen MR) is 81.2 cm³/mol. The number of rotatable bonds is 4. The summed E-state index contributed by atoms with van der Waals surface area (Å²) in [6.07, 6.45) is 0. The van der Waals surface area contributed by atoms with E-state index in [4.69, 9.17) is 0 Å². The number of hydrogen-bond acceptors (Lipinski definition) is 3. The van der Waals surface area contributed by atoms with Gasteiger partial charge >= 0.3 is 0 Å². The Hall–Kier alpha value is -0.580. The van der Waals surface area contributed by atoms with Gasteiger partial charge in [-0.1, -0.05) is 12.1 Å². The molecule has 100 valence electrons. The summed E-state index contributed by atoms with van der Waals surface area (Å²) in [6.45, 7) is 10.0. The van der Waals surface area contributed by atoms with Crippen LogP contribution in [0.1, 0.15) is 13.8 Å². The summed E-state index contributed by atoms with van der Waals surface area (Å²) in [6, 6.07) is 8.28. The third-order valence-corrected chi connectivity index (χ3v) is 4.25. The lowest BCUT2D eigenvalue weighted by atomic mass is 10.0. The summed E-state index contributed by atoms with van der Waals surface area (Å²) in [5.74, 6) is 0. The Morgan fingerprint density at radius 1 is 1.28 bits per heavy atom. The molecule has 0 unspecified atom stereocenters. The standard InChI is InChI=1S/C14H22BrN3/c1-14(2,18-9-7-16-8-10-18)11-17-13-6-4-3-5-12(13)15/h3-6,16-17H,7-11H2,1-2H3. The first-order chi connectivity index (χ1) is 8.59. The Kier molecular flexibility index (Phi) is 4.65. The van der Waals surface area contributed by atoms with Crippen LogP contribution < -0.4 is 10.6 Å². The molecule has 18 heavy (non-hydrogen) atoms. The van der Waals surface area contributed by atoms with Crippen LogP contribution in [0.2, 0.25) is 0 Å². The minimum Gasteiger partial charge on any atom is -0.382 e. The van der Waals surface area contributed by atoms with Crippen LogP contribution in [0.4, 0.5) is 5.69 Å². The molecule has 0 aliphatic carbocycles. The Morgan fingerprint density at radius 2 is 1.94 bits per heavy atom. The van der Waals surface area contributed by atoms with E-state index in [0.29, 0.717) is 0 Å². The summed E-state index contributed by atoms with van der Waals surface area (Å²) in [4.78, 5) is 2.55. The van der Waals surface area contributed by atoms with Gasteiger partial charge in [-0.3, -0.25) is 4.90 Å². The highest BCUT2D eigenvalue weighted by molar-refractivity contribution is 9.10. The first-order valence-electron chi connectivity index (χ1n) is 6.54. The molecule has 2 rings (SSSR count). The van der Waals surface area contributed by atoms with E-state index in [2.05, 4.69) is 63.5 Å². The lowest BCUT2D eigenvalue weighted by Crippen LogP contribution is -2.56. The lowest BCUT2D eigenvalue weighted by molar-refractivity contribution is 0.114. The second-order valence-electron chi connectivity index (χ2n) is 5.38. The van der Waals surface area contributed by atoms with Gasteiger partial charge < -0.3 is 10.6 Å². The lowest BCUT2D eigenvalue weighted by Gasteiger charge is -2.41. The van der Waals surface area contributed by atoms with Crippen molar-refractivity contribution in [1.82, 2.24) is 10.2 Å². The Labute approximate surface area is 118 Å². The normalized spacial score (nSPS) is 17.7. The fraction of sp³-hybridized carbons (Fsp3) is 0.571. The highest BCUT2D eigenvalue weighted by Gasteiger charge is 2.27. The molecule has 1 saturated heterocycles. The molecule has 0 atom stereocenters. The van der Waals surface area contributed by atoms with E-state index < -0.39 is 0 Å². The highest BCUT2D eigenvalue weighted by Crippen LogP contribution is 2.23. The molecule has 1 heterocycles. The van der Waals surface area contributed by atoms with Gasteiger partial charge in [0, 0.05) is 48.4 Å². The zero-order chi connectivity index (χ0) is 13.0. The Bertz CT molecular complexity index is 386. The van der Waals surface area contributed by atoms with E-state index in [1.807, 2.05) is 6.07 Å². The molecule has 1 aliphatic rings. The number of hydrogen-bond donors (Lipinski definition) is 2. The molecular weight excluding hydrogens is 290 g/mol. The fourth-order valence-electron chi connectivity index (χ4n) is 2.30. The van der Waals surface area contributed by atoms with Crippen molar-refractivity contribution in [3.63, 3.8) is 0 Å². The molecule has 0 amide bonds. The minimum atomic E-state index is 0.178. The fourth-order valence-corrected chi connectivity index (χ4v) is 2.72. The summed E-state index contributed by atoms with van der Waals surface area (Å²) in [5, 5.41) is 6.94. The largest absolute Gasteiger partial charge is 0.382 e. The van der Waals surface area contributed by atoms with Crippen LogP contribution in [0.3, 0.4) is 0 Å². The summed E-state index contributed by atoms with van der Waals surface area (Å²) < 4.78 is 1.13. The number of benzene rings is 1. The number of anilines is 1. The van der Waals surface area contributed by atoms with Crippen molar-refractivity contribution in [2.24, 2.45) is 0 Å². The number of para-hydroxylation sites is 1. The second kappa shape index (κ2) is 6.04. The van der Waals surface area contributed by atoms with Crippen LogP contribution in [-0.2, 0) is 0 Å². The molecule has 2 N–H and O–H groups in total.